The van der Waals surface area contributed by atoms with Crippen molar-refractivity contribution in [1.29, 1.82) is 0 Å². The van der Waals surface area contributed by atoms with Crippen LogP contribution in [-0.4, -0.2) is 32.9 Å². The summed E-state index contributed by atoms with van der Waals surface area (Å²) < 4.78 is 22.3. The van der Waals surface area contributed by atoms with Gasteiger partial charge in [-0.25, -0.2) is 0 Å². The Bertz CT molecular complexity index is 805. The van der Waals surface area contributed by atoms with Gasteiger partial charge in [0.2, 0.25) is 0 Å². The Labute approximate surface area is 157 Å². The van der Waals surface area contributed by atoms with Crippen molar-refractivity contribution < 1.29 is 23.7 Å². The van der Waals surface area contributed by atoms with Crippen LogP contribution in [0.1, 0.15) is 29.7 Å². The van der Waals surface area contributed by atoms with Gasteiger partial charge in [0.15, 0.2) is 11.5 Å². The Morgan fingerprint density at radius 1 is 1.19 bits per heavy atom. The molecule has 1 aliphatic heterocycles. The smallest absolute Gasteiger partial charge is 0.302 e. The Hall–Kier alpha value is -2.24. The zero-order valence-corrected chi connectivity index (χ0v) is 15.7. The number of hydrogen-bond donors (Lipinski definition) is 0. The van der Waals surface area contributed by atoms with E-state index in [2.05, 4.69) is 0 Å². The zero-order valence-electron chi connectivity index (χ0n) is 15.0. The van der Waals surface area contributed by atoms with Gasteiger partial charge in [-0.2, -0.15) is 0 Å². The molecule has 138 valence electrons. The molecule has 0 saturated carbocycles. The third-order valence-corrected chi connectivity index (χ3v) is 4.56. The van der Waals surface area contributed by atoms with Crippen molar-refractivity contribution in [1.82, 2.24) is 0 Å². The fourth-order valence-corrected chi connectivity index (χ4v) is 3.35. The third-order valence-electron chi connectivity index (χ3n) is 4.33. The maximum absolute atomic E-state index is 11.2. The van der Waals surface area contributed by atoms with E-state index in [1.807, 2.05) is 36.4 Å². The molecule has 0 bridgehead atoms. The molecule has 5 nitrogen and oxygen atoms in total. The van der Waals surface area contributed by atoms with Gasteiger partial charge < -0.3 is 18.9 Å². The number of carbonyl (C=O) groups is 1. The molecule has 26 heavy (non-hydrogen) atoms. The van der Waals surface area contributed by atoms with Crippen LogP contribution in [0, 0.1) is 0 Å². The minimum absolute atomic E-state index is 0.195. The standard InChI is InChI=1S/C20H21ClO5/c1-12(22)25-11-16-8-14-9-18(23-2)19(24-3)10-17(14)20(26-16)13-5-4-6-15(21)7-13/h4-7,9-10,16,20H,8,11H2,1-3H3. The maximum Gasteiger partial charge on any atom is 0.302 e. The van der Waals surface area contributed by atoms with Gasteiger partial charge in [0, 0.05) is 18.4 Å². The molecule has 3 rings (SSSR count). The summed E-state index contributed by atoms with van der Waals surface area (Å²) in [5.74, 6) is 0.968. The average molecular weight is 377 g/mol. The second-order valence-electron chi connectivity index (χ2n) is 6.11. The lowest BCUT2D eigenvalue weighted by Crippen LogP contribution is -2.31. The SMILES string of the molecule is COc1cc2c(cc1OC)C(c1cccc(Cl)c1)OC(COC(C)=O)C2. The van der Waals surface area contributed by atoms with E-state index in [9.17, 15) is 4.79 Å². The fraction of sp³-hybridized carbons (Fsp3) is 0.350. The molecule has 0 saturated heterocycles. The van der Waals surface area contributed by atoms with Crippen LogP contribution in [0.4, 0.5) is 0 Å². The van der Waals surface area contributed by atoms with E-state index >= 15 is 0 Å². The molecule has 1 heterocycles. The molecule has 6 heteroatoms. The van der Waals surface area contributed by atoms with Gasteiger partial charge in [-0.1, -0.05) is 23.7 Å². The number of carbonyl (C=O) groups excluding carboxylic acids is 1. The van der Waals surface area contributed by atoms with Crippen LogP contribution in [0.5, 0.6) is 11.5 Å². The first-order chi connectivity index (χ1) is 12.5. The molecule has 0 aromatic heterocycles. The highest BCUT2D eigenvalue weighted by atomic mass is 35.5. The summed E-state index contributed by atoms with van der Waals surface area (Å²) >= 11 is 6.17. The second kappa shape index (κ2) is 7.98. The minimum Gasteiger partial charge on any atom is -0.493 e. The molecule has 2 unspecified atom stereocenters. The van der Waals surface area contributed by atoms with Crippen LogP contribution in [0.2, 0.25) is 5.02 Å². The van der Waals surface area contributed by atoms with Crippen LogP contribution in [0.3, 0.4) is 0 Å². The van der Waals surface area contributed by atoms with Crippen molar-refractivity contribution in [3.8, 4) is 11.5 Å². The molecule has 0 aliphatic carbocycles. The lowest BCUT2D eigenvalue weighted by molar-refractivity contribution is -0.147. The number of halogens is 1. The predicted octanol–water partition coefficient (Wildman–Crippen LogP) is 3.95. The monoisotopic (exact) mass is 376 g/mol. The maximum atomic E-state index is 11.2. The van der Waals surface area contributed by atoms with Crippen molar-refractivity contribution >= 4 is 17.6 Å². The number of ether oxygens (including phenoxy) is 4. The normalized spacial score (nSPS) is 18.8. The Morgan fingerprint density at radius 2 is 1.92 bits per heavy atom. The quantitative estimate of drug-likeness (QED) is 0.739. The van der Waals surface area contributed by atoms with Gasteiger partial charge in [-0.15, -0.1) is 0 Å². The van der Waals surface area contributed by atoms with Gasteiger partial charge in [0.1, 0.15) is 12.7 Å². The van der Waals surface area contributed by atoms with Gasteiger partial charge in [0.05, 0.1) is 20.3 Å². The average Bonchev–Trinajstić information content (AvgIpc) is 2.64. The summed E-state index contributed by atoms with van der Waals surface area (Å²) in [7, 11) is 3.21. The van der Waals surface area contributed by atoms with Crippen molar-refractivity contribution in [2.24, 2.45) is 0 Å². The zero-order chi connectivity index (χ0) is 18.7. The molecule has 2 aromatic carbocycles. The summed E-state index contributed by atoms with van der Waals surface area (Å²) in [4.78, 5) is 11.2. The number of benzene rings is 2. The molecule has 2 aromatic rings. The Kier molecular flexibility index (Phi) is 5.69. The molecule has 1 aliphatic rings. The van der Waals surface area contributed by atoms with E-state index < -0.39 is 0 Å². The van der Waals surface area contributed by atoms with E-state index in [-0.39, 0.29) is 24.8 Å². The van der Waals surface area contributed by atoms with Crippen LogP contribution in [0.15, 0.2) is 36.4 Å². The number of methoxy groups -OCH3 is 2. The lowest BCUT2D eigenvalue weighted by atomic mass is 9.90. The molecule has 0 N–H and O–H groups in total. The van der Waals surface area contributed by atoms with E-state index in [1.165, 1.54) is 6.92 Å². The Balaban J connectivity index is 2.03. The van der Waals surface area contributed by atoms with Crippen molar-refractivity contribution in [3.05, 3.63) is 58.1 Å². The number of rotatable bonds is 5. The largest absolute Gasteiger partial charge is 0.493 e. The first-order valence-corrected chi connectivity index (χ1v) is 8.68. The molecular formula is C20H21ClO5. The van der Waals surface area contributed by atoms with E-state index in [0.29, 0.717) is 22.9 Å². The molecule has 0 amide bonds. The van der Waals surface area contributed by atoms with Crippen LogP contribution in [-0.2, 0) is 20.7 Å². The van der Waals surface area contributed by atoms with E-state index in [0.717, 1.165) is 16.7 Å². The van der Waals surface area contributed by atoms with Crippen molar-refractivity contribution in [3.63, 3.8) is 0 Å². The van der Waals surface area contributed by atoms with Crippen molar-refractivity contribution in [2.45, 2.75) is 25.6 Å². The highest BCUT2D eigenvalue weighted by Gasteiger charge is 2.31. The minimum atomic E-state index is -0.335. The summed E-state index contributed by atoms with van der Waals surface area (Å²) in [6.45, 7) is 1.58. The van der Waals surface area contributed by atoms with Crippen molar-refractivity contribution in [2.75, 3.05) is 20.8 Å². The molecule has 0 radical (unpaired) electrons. The third kappa shape index (κ3) is 3.94. The molecular weight excluding hydrogens is 356 g/mol. The van der Waals surface area contributed by atoms with Gasteiger partial charge in [0.25, 0.3) is 0 Å². The number of hydrogen-bond acceptors (Lipinski definition) is 5. The first-order valence-electron chi connectivity index (χ1n) is 8.31. The Morgan fingerprint density at radius 3 is 2.58 bits per heavy atom. The molecule has 0 spiro atoms. The molecule has 2 atom stereocenters. The topological polar surface area (TPSA) is 54.0 Å². The van der Waals surface area contributed by atoms with Gasteiger partial charge in [-0.3, -0.25) is 4.79 Å². The van der Waals surface area contributed by atoms with Gasteiger partial charge in [-0.05, 0) is 41.0 Å². The fourth-order valence-electron chi connectivity index (χ4n) is 3.15. The highest BCUT2D eigenvalue weighted by Crippen LogP contribution is 2.41. The van der Waals surface area contributed by atoms with E-state index in [4.69, 9.17) is 30.5 Å². The summed E-state index contributed by atoms with van der Waals surface area (Å²) in [6.07, 6.45) is 0.0198. The number of fused-ring (bicyclic) bond motifs is 1. The summed E-state index contributed by atoms with van der Waals surface area (Å²) in [5.41, 5.74) is 2.98. The predicted molar refractivity (Wildman–Crippen MR) is 98.1 cm³/mol. The summed E-state index contributed by atoms with van der Waals surface area (Å²) in [5, 5.41) is 0.634. The second-order valence-corrected chi connectivity index (χ2v) is 6.54. The van der Waals surface area contributed by atoms with Crippen LogP contribution >= 0.6 is 11.6 Å². The molecule has 0 fully saturated rings. The van der Waals surface area contributed by atoms with E-state index in [1.54, 1.807) is 14.2 Å². The van der Waals surface area contributed by atoms with Crippen LogP contribution < -0.4 is 9.47 Å². The van der Waals surface area contributed by atoms with Crippen LogP contribution in [0.25, 0.3) is 0 Å². The highest BCUT2D eigenvalue weighted by molar-refractivity contribution is 6.30. The lowest BCUT2D eigenvalue weighted by Gasteiger charge is -2.33. The first kappa shape index (κ1) is 18.5. The number of esters is 1. The van der Waals surface area contributed by atoms with Gasteiger partial charge >= 0.3 is 5.97 Å². The summed E-state index contributed by atoms with van der Waals surface area (Å²) in [6, 6.07) is 11.4.